The number of aromatic amines is 1. The van der Waals surface area contributed by atoms with Crippen molar-refractivity contribution in [3.8, 4) is 5.75 Å². The van der Waals surface area contributed by atoms with Gasteiger partial charge in [-0.2, -0.15) is 0 Å². The third-order valence-corrected chi connectivity index (χ3v) is 2.66. The van der Waals surface area contributed by atoms with Gasteiger partial charge >= 0.3 is 0 Å². The highest BCUT2D eigenvalue weighted by Gasteiger charge is 2.11. The molecule has 2 aromatic rings. The average Bonchev–Trinajstić information content (AvgIpc) is 2.50. The Balaban J connectivity index is 2.93. The molecule has 0 unspecified atom stereocenters. The molecule has 74 valence electrons. The van der Waals surface area contributed by atoms with Crippen LogP contribution in [0.5, 0.6) is 5.75 Å². The Morgan fingerprint density at radius 3 is 2.71 bits per heavy atom. The quantitative estimate of drug-likeness (QED) is 0.643. The van der Waals surface area contributed by atoms with E-state index >= 15 is 0 Å². The van der Waals surface area contributed by atoms with E-state index in [-0.39, 0.29) is 0 Å². The van der Waals surface area contributed by atoms with Crippen molar-refractivity contribution in [2.24, 2.45) is 5.73 Å². The summed E-state index contributed by atoms with van der Waals surface area (Å²) in [6.07, 6.45) is 0. The molecule has 14 heavy (non-hydrogen) atoms. The molecular weight excluding hydrogens is 176 g/mol. The first-order valence-electron chi connectivity index (χ1n) is 4.65. The number of aromatic hydroxyl groups is 1. The number of phenols is 1. The van der Waals surface area contributed by atoms with Gasteiger partial charge in [0.1, 0.15) is 5.75 Å². The van der Waals surface area contributed by atoms with E-state index in [0.717, 1.165) is 27.7 Å². The molecule has 4 N–H and O–H groups in total. The van der Waals surface area contributed by atoms with E-state index in [1.54, 1.807) is 6.07 Å². The average molecular weight is 190 g/mol. The van der Waals surface area contributed by atoms with Crippen LogP contribution in [0.4, 0.5) is 0 Å². The first-order chi connectivity index (χ1) is 6.65. The molecule has 0 amide bonds. The topological polar surface area (TPSA) is 62.0 Å². The molecule has 0 saturated heterocycles. The Morgan fingerprint density at radius 1 is 1.36 bits per heavy atom. The molecule has 3 nitrogen and oxygen atoms in total. The standard InChI is InChI=1S/C11H14N2O/c1-6-3-4-9(14)10-8(5-12)7(2)13-11(6)10/h3-4,13-14H,5,12H2,1-2H3. The highest BCUT2D eigenvalue weighted by atomic mass is 16.3. The van der Waals surface area contributed by atoms with Crippen LogP contribution in [0.15, 0.2) is 12.1 Å². The van der Waals surface area contributed by atoms with Crippen molar-refractivity contribution in [2.75, 3.05) is 0 Å². The second-order valence-electron chi connectivity index (χ2n) is 3.58. The van der Waals surface area contributed by atoms with Gasteiger partial charge in [0.15, 0.2) is 0 Å². The number of nitrogens with two attached hydrogens (primary N) is 1. The zero-order valence-electron chi connectivity index (χ0n) is 8.39. The van der Waals surface area contributed by atoms with Gasteiger partial charge in [-0.05, 0) is 31.0 Å². The largest absolute Gasteiger partial charge is 0.507 e. The van der Waals surface area contributed by atoms with Crippen LogP contribution in [-0.4, -0.2) is 10.1 Å². The van der Waals surface area contributed by atoms with E-state index in [2.05, 4.69) is 4.98 Å². The van der Waals surface area contributed by atoms with Crippen molar-refractivity contribution in [2.45, 2.75) is 20.4 Å². The maximum atomic E-state index is 9.75. The minimum atomic E-state index is 0.301. The number of aromatic nitrogens is 1. The van der Waals surface area contributed by atoms with Gasteiger partial charge in [-0.15, -0.1) is 0 Å². The SMILES string of the molecule is Cc1[nH]c2c(C)ccc(O)c2c1CN. The predicted octanol–water partition coefficient (Wildman–Crippen LogP) is 1.95. The van der Waals surface area contributed by atoms with E-state index in [1.807, 2.05) is 19.9 Å². The Morgan fingerprint density at radius 2 is 2.07 bits per heavy atom. The molecule has 0 fully saturated rings. The zero-order valence-corrected chi connectivity index (χ0v) is 8.39. The number of nitrogens with one attached hydrogen (secondary N) is 1. The fourth-order valence-electron chi connectivity index (χ4n) is 1.87. The van der Waals surface area contributed by atoms with E-state index < -0.39 is 0 Å². The fourth-order valence-corrected chi connectivity index (χ4v) is 1.87. The summed E-state index contributed by atoms with van der Waals surface area (Å²) in [5.41, 5.74) is 9.80. The number of rotatable bonds is 1. The van der Waals surface area contributed by atoms with Gasteiger partial charge < -0.3 is 15.8 Å². The van der Waals surface area contributed by atoms with Crippen molar-refractivity contribution >= 4 is 10.9 Å². The molecule has 0 aliphatic heterocycles. The van der Waals surface area contributed by atoms with Gasteiger partial charge in [-0.25, -0.2) is 0 Å². The number of fused-ring (bicyclic) bond motifs is 1. The third-order valence-electron chi connectivity index (χ3n) is 2.66. The van der Waals surface area contributed by atoms with Gasteiger partial charge in [-0.3, -0.25) is 0 Å². The Labute approximate surface area is 82.6 Å². The van der Waals surface area contributed by atoms with Gasteiger partial charge in [0, 0.05) is 17.6 Å². The molecule has 0 atom stereocenters. The molecule has 1 aromatic carbocycles. The second kappa shape index (κ2) is 3.03. The molecule has 0 spiro atoms. The van der Waals surface area contributed by atoms with Crippen LogP contribution in [-0.2, 0) is 6.54 Å². The molecule has 0 radical (unpaired) electrons. The van der Waals surface area contributed by atoms with E-state index in [9.17, 15) is 5.11 Å². The zero-order chi connectivity index (χ0) is 10.3. The van der Waals surface area contributed by atoms with E-state index in [4.69, 9.17) is 5.73 Å². The molecule has 2 rings (SSSR count). The van der Waals surface area contributed by atoms with Crippen LogP contribution in [0.2, 0.25) is 0 Å². The second-order valence-corrected chi connectivity index (χ2v) is 3.58. The number of benzene rings is 1. The van der Waals surface area contributed by atoms with Gasteiger partial charge in [0.25, 0.3) is 0 Å². The summed E-state index contributed by atoms with van der Waals surface area (Å²) in [6, 6.07) is 3.61. The maximum absolute atomic E-state index is 9.75. The minimum Gasteiger partial charge on any atom is -0.507 e. The minimum absolute atomic E-state index is 0.301. The lowest BCUT2D eigenvalue weighted by molar-refractivity contribution is 0.481. The van der Waals surface area contributed by atoms with Crippen LogP contribution in [0.25, 0.3) is 10.9 Å². The van der Waals surface area contributed by atoms with Crippen molar-refractivity contribution in [3.05, 3.63) is 29.0 Å². The lowest BCUT2D eigenvalue weighted by atomic mass is 10.1. The number of H-pyrrole nitrogens is 1. The molecule has 3 heteroatoms. The molecule has 1 heterocycles. The van der Waals surface area contributed by atoms with Crippen LogP contribution < -0.4 is 5.73 Å². The summed E-state index contributed by atoms with van der Waals surface area (Å²) >= 11 is 0. The first-order valence-corrected chi connectivity index (χ1v) is 4.65. The van der Waals surface area contributed by atoms with Gasteiger partial charge in [0.2, 0.25) is 0 Å². The van der Waals surface area contributed by atoms with E-state index in [1.165, 1.54) is 0 Å². The van der Waals surface area contributed by atoms with Crippen LogP contribution in [0.3, 0.4) is 0 Å². The monoisotopic (exact) mass is 190 g/mol. The molecule has 0 aliphatic rings. The number of hydrogen-bond acceptors (Lipinski definition) is 2. The Hall–Kier alpha value is -1.48. The highest BCUT2D eigenvalue weighted by Crippen LogP contribution is 2.31. The van der Waals surface area contributed by atoms with E-state index in [0.29, 0.717) is 12.3 Å². The summed E-state index contributed by atoms with van der Waals surface area (Å²) in [5.74, 6) is 0.301. The molecule has 0 bridgehead atoms. The number of hydrogen-bond donors (Lipinski definition) is 3. The number of phenolic OH excluding ortho intramolecular Hbond substituents is 1. The summed E-state index contributed by atoms with van der Waals surface area (Å²) < 4.78 is 0. The lowest BCUT2D eigenvalue weighted by Crippen LogP contribution is -1.96. The molecule has 0 saturated carbocycles. The van der Waals surface area contributed by atoms with Gasteiger partial charge in [-0.1, -0.05) is 6.07 Å². The van der Waals surface area contributed by atoms with Crippen molar-refractivity contribution in [3.63, 3.8) is 0 Å². The summed E-state index contributed by atoms with van der Waals surface area (Å²) in [4.78, 5) is 3.25. The normalized spacial score (nSPS) is 11.1. The Bertz CT molecular complexity index is 485. The number of aryl methyl sites for hydroxylation is 2. The van der Waals surface area contributed by atoms with Crippen LogP contribution in [0, 0.1) is 13.8 Å². The maximum Gasteiger partial charge on any atom is 0.125 e. The highest BCUT2D eigenvalue weighted by molar-refractivity contribution is 5.92. The Kier molecular flexibility index (Phi) is 1.97. The van der Waals surface area contributed by atoms with Gasteiger partial charge in [0.05, 0.1) is 5.52 Å². The molecular formula is C11H14N2O. The molecule has 0 aliphatic carbocycles. The lowest BCUT2D eigenvalue weighted by Gasteiger charge is -2.00. The fraction of sp³-hybridized carbons (Fsp3) is 0.273. The van der Waals surface area contributed by atoms with Crippen LogP contribution >= 0.6 is 0 Å². The molecule has 1 aromatic heterocycles. The summed E-state index contributed by atoms with van der Waals surface area (Å²) in [5, 5.41) is 10.6. The summed E-state index contributed by atoms with van der Waals surface area (Å²) in [6.45, 7) is 4.43. The third kappa shape index (κ3) is 1.09. The predicted molar refractivity (Wildman–Crippen MR) is 57.3 cm³/mol. The van der Waals surface area contributed by atoms with Crippen molar-refractivity contribution in [1.82, 2.24) is 4.98 Å². The first kappa shape index (κ1) is 9.09. The summed E-state index contributed by atoms with van der Waals surface area (Å²) in [7, 11) is 0. The van der Waals surface area contributed by atoms with Crippen LogP contribution in [0.1, 0.15) is 16.8 Å². The smallest absolute Gasteiger partial charge is 0.125 e. The van der Waals surface area contributed by atoms with Crippen molar-refractivity contribution in [1.29, 1.82) is 0 Å². The van der Waals surface area contributed by atoms with Crippen molar-refractivity contribution < 1.29 is 5.11 Å².